The summed E-state index contributed by atoms with van der Waals surface area (Å²) in [6.45, 7) is 1.40. The zero-order valence-electron chi connectivity index (χ0n) is 10.6. The van der Waals surface area contributed by atoms with Crippen molar-refractivity contribution in [1.29, 1.82) is 0 Å². The Morgan fingerprint density at radius 3 is 2.47 bits per heavy atom. The molecule has 0 aromatic heterocycles. The lowest BCUT2D eigenvalue weighted by molar-refractivity contribution is 0.185. The van der Waals surface area contributed by atoms with Crippen LogP contribution in [0, 0.1) is 0 Å². The Labute approximate surface area is 126 Å². The fourth-order valence-electron chi connectivity index (χ4n) is 1.75. The maximum absolute atomic E-state index is 5.98. The summed E-state index contributed by atoms with van der Waals surface area (Å²) in [7, 11) is 1.70. The van der Waals surface area contributed by atoms with E-state index in [1.165, 1.54) is 11.1 Å². The number of nitrogens with one attached hydrogen (secondary N) is 1. The van der Waals surface area contributed by atoms with Crippen LogP contribution in [0.2, 0.25) is 5.02 Å². The number of anilines is 1. The molecule has 2 aromatic rings. The first-order valence-corrected chi connectivity index (χ1v) is 7.12. The average molecular weight is 341 g/mol. The van der Waals surface area contributed by atoms with Crippen molar-refractivity contribution in [2.45, 2.75) is 13.2 Å². The van der Waals surface area contributed by atoms with Crippen LogP contribution in [-0.4, -0.2) is 7.11 Å². The van der Waals surface area contributed by atoms with Gasteiger partial charge in [0, 0.05) is 23.1 Å². The molecule has 0 radical (unpaired) electrons. The Bertz CT molecular complexity index is 542. The van der Waals surface area contributed by atoms with Crippen molar-refractivity contribution < 1.29 is 4.74 Å². The molecule has 0 atom stereocenters. The third-order valence-corrected chi connectivity index (χ3v) is 3.67. The fourth-order valence-corrected chi connectivity index (χ4v) is 2.31. The quantitative estimate of drug-likeness (QED) is 0.839. The van der Waals surface area contributed by atoms with Gasteiger partial charge in [0.15, 0.2) is 0 Å². The second-order valence-corrected chi connectivity index (χ2v) is 5.52. The molecule has 0 unspecified atom stereocenters. The minimum Gasteiger partial charge on any atom is -0.380 e. The second kappa shape index (κ2) is 6.94. The molecule has 0 bridgehead atoms. The topological polar surface area (TPSA) is 21.3 Å². The summed E-state index contributed by atoms with van der Waals surface area (Å²) in [5, 5.41) is 4.08. The summed E-state index contributed by atoms with van der Waals surface area (Å²) >= 11 is 9.48. The van der Waals surface area contributed by atoms with Gasteiger partial charge < -0.3 is 10.1 Å². The number of methoxy groups -OCH3 is 1. The minimum atomic E-state index is 0.646. The molecule has 0 aliphatic carbocycles. The van der Waals surface area contributed by atoms with Crippen LogP contribution in [-0.2, 0) is 17.9 Å². The highest BCUT2D eigenvalue weighted by Crippen LogP contribution is 2.26. The van der Waals surface area contributed by atoms with Gasteiger partial charge in [-0.3, -0.25) is 0 Å². The largest absolute Gasteiger partial charge is 0.380 e. The molecule has 0 aliphatic heterocycles. The highest BCUT2D eigenvalue weighted by Gasteiger charge is 2.01. The predicted molar refractivity (Wildman–Crippen MR) is 83.6 cm³/mol. The van der Waals surface area contributed by atoms with Gasteiger partial charge in [0.2, 0.25) is 0 Å². The molecule has 4 heteroatoms. The van der Waals surface area contributed by atoms with E-state index in [1.807, 2.05) is 18.2 Å². The van der Waals surface area contributed by atoms with E-state index in [1.54, 1.807) is 7.11 Å². The van der Waals surface area contributed by atoms with Crippen molar-refractivity contribution in [3.63, 3.8) is 0 Å². The Morgan fingerprint density at radius 2 is 1.79 bits per heavy atom. The monoisotopic (exact) mass is 339 g/mol. The number of rotatable bonds is 5. The zero-order valence-corrected chi connectivity index (χ0v) is 13.0. The fraction of sp³-hybridized carbons (Fsp3) is 0.200. The third kappa shape index (κ3) is 4.23. The number of halogens is 2. The van der Waals surface area contributed by atoms with Gasteiger partial charge in [-0.1, -0.05) is 35.9 Å². The first-order chi connectivity index (χ1) is 9.19. The van der Waals surface area contributed by atoms with Crippen LogP contribution in [0.5, 0.6) is 0 Å². The highest BCUT2D eigenvalue weighted by molar-refractivity contribution is 9.10. The zero-order chi connectivity index (χ0) is 13.7. The van der Waals surface area contributed by atoms with Crippen molar-refractivity contribution in [1.82, 2.24) is 0 Å². The Hall–Kier alpha value is -1.03. The Morgan fingerprint density at radius 1 is 1.11 bits per heavy atom. The minimum absolute atomic E-state index is 0.646. The third-order valence-electron chi connectivity index (χ3n) is 2.75. The molecule has 0 heterocycles. The molecule has 2 nitrogen and oxygen atoms in total. The van der Waals surface area contributed by atoms with E-state index in [0.717, 1.165) is 21.7 Å². The van der Waals surface area contributed by atoms with E-state index in [0.29, 0.717) is 6.61 Å². The van der Waals surface area contributed by atoms with Crippen molar-refractivity contribution in [2.75, 3.05) is 12.4 Å². The molecule has 0 saturated heterocycles. The summed E-state index contributed by atoms with van der Waals surface area (Å²) in [6.07, 6.45) is 0. The maximum Gasteiger partial charge on any atom is 0.0713 e. The number of benzene rings is 2. The SMILES string of the molecule is COCc1ccc(CNc2cc(Cl)ccc2Br)cc1. The van der Waals surface area contributed by atoms with Gasteiger partial charge in [-0.05, 0) is 45.3 Å². The maximum atomic E-state index is 5.98. The van der Waals surface area contributed by atoms with Crippen molar-refractivity contribution in [2.24, 2.45) is 0 Å². The normalized spacial score (nSPS) is 10.5. The molecule has 2 aromatic carbocycles. The average Bonchev–Trinajstić information content (AvgIpc) is 2.42. The van der Waals surface area contributed by atoms with Gasteiger partial charge in [-0.2, -0.15) is 0 Å². The van der Waals surface area contributed by atoms with Crippen LogP contribution in [0.25, 0.3) is 0 Å². The van der Waals surface area contributed by atoms with Gasteiger partial charge >= 0.3 is 0 Å². The van der Waals surface area contributed by atoms with E-state index >= 15 is 0 Å². The van der Waals surface area contributed by atoms with E-state index in [9.17, 15) is 0 Å². The van der Waals surface area contributed by atoms with Crippen LogP contribution in [0.1, 0.15) is 11.1 Å². The summed E-state index contributed by atoms with van der Waals surface area (Å²) in [5.74, 6) is 0. The number of hydrogen-bond donors (Lipinski definition) is 1. The Kier molecular flexibility index (Phi) is 5.25. The predicted octanol–water partition coefficient (Wildman–Crippen LogP) is 4.86. The molecule has 0 saturated carbocycles. The molecule has 1 N–H and O–H groups in total. The van der Waals surface area contributed by atoms with E-state index in [-0.39, 0.29) is 0 Å². The lowest BCUT2D eigenvalue weighted by Gasteiger charge is -2.09. The van der Waals surface area contributed by atoms with Crippen LogP contribution in [0.3, 0.4) is 0 Å². The molecule has 19 heavy (non-hydrogen) atoms. The molecule has 0 spiro atoms. The first-order valence-electron chi connectivity index (χ1n) is 5.94. The number of hydrogen-bond acceptors (Lipinski definition) is 2. The molecular weight excluding hydrogens is 326 g/mol. The van der Waals surface area contributed by atoms with Crippen LogP contribution < -0.4 is 5.32 Å². The molecule has 2 rings (SSSR count). The lowest BCUT2D eigenvalue weighted by Crippen LogP contribution is -2.00. The van der Waals surface area contributed by atoms with E-state index < -0.39 is 0 Å². The molecule has 100 valence electrons. The smallest absolute Gasteiger partial charge is 0.0713 e. The van der Waals surface area contributed by atoms with Crippen molar-refractivity contribution in [3.8, 4) is 0 Å². The summed E-state index contributed by atoms with van der Waals surface area (Å²) < 4.78 is 6.10. The summed E-state index contributed by atoms with van der Waals surface area (Å²) in [4.78, 5) is 0. The standard InChI is InChI=1S/C15H15BrClNO/c1-19-10-12-4-2-11(3-5-12)9-18-15-8-13(17)6-7-14(15)16/h2-8,18H,9-10H2,1H3. The van der Waals surface area contributed by atoms with E-state index in [4.69, 9.17) is 16.3 Å². The van der Waals surface area contributed by atoms with E-state index in [2.05, 4.69) is 45.5 Å². The molecule has 0 aliphatic rings. The summed E-state index contributed by atoms with van der Waals surface area (Å²) in [6, 6.07) is 14.0. The molecule has 0 amide bonds. The van der Waals surface area contributed by atoms with Crippen molar-refractivity contribution >= 4 is 33.2 Å². The lowest BCUT2D eigenvalue weighted by atomic mass is 10.1. The van der Waals surface area contributed by atoms with Gasteiger partial charge in [0.25, 0.3) is 0 Å². The van der Waals surface area contributed by atoms with Crippen molar-refractivity contribution in [3.05, 3.63) is 63.1 Å². The summed E-state index contributed by atoms with van der Waals surface area (Å²) in [5.41, 5.74) is 3.38. The molecular formula is C15H15BrClNO. The van der Waals surface area contributed by atoms with Gasteiger partial charge in [-0.15, -0.1) is 0 Å². The first kappa shape index (κ1) is 14.4. The molecule has 0 fully saturated rings. The number of ether oxygens (including phenoxy) is 1. The Balaban J connectivity index is 2.00. The highest BCUT2D eigenvalue weighted by atomic mass is 79.9. The second-order valence-electron chi connectivity index (χ2n) is 4.23. The van der Waals surface area contributed by atoms with Gasteiger partial charge in [0.05, 0.1) is 12.3 Å². The van der Waals surface area contributed by atoms with Gasteiger partial charge in [0.1, 0.15) is 0 Å². The van der Waals surface area contributed by atoms with Crippen LogP contribution in [0.15, 0.2) is 46.9 Å². The van der Waals surface area contributed by atoms with Crippen LogP contribution >= 0.6 is 27.5 Å². The van der Waals surface area contributed by atoms with Crippen LogP contribution in [0.4, 0.5) is 5.69 Å². The van der Waals surface area contributed by atoms with Gasteiger partial charge in [-0.25, -0.2) is 0 Å².